The van der Waals surface area contributed by atoms with Gasteiger partial charge in [-0.15, -0.1) is 11.8 Å². The number of thioether (sulfide) groups is 1. The Morgan fingerprint density at radius 2 is 2.18 bits per heavy atom. The van der Waals surface area contributed by atoms with Crippen LogP contribution in [-0.4, -0.2) is 17.0 Å². The normalized spacial score (nSPS) is 12.6. The van der Waals surface area contributed by atoms with Crippen LogP contribution in [0.25, 0.3) is 0 Å². The van der Waals surface area contributed by atoms with Gasteiger partial charge in [0.25, 0.3) is 0 Å². The van der Waals surface area contributed by atoms with E-state index in [1.165, 1.54) is 10.5 Å². The van der Waals surface area contributed by atoms with E-state index < -0.39 is 0 Å². The summed E-state index contributed by atoms with van der Waals surface area (Å²) in [5.74, 6) is 1.52. The van der Waals surface area contributed by atoms with Gasteiger partial charge in [-0.3, -0.25) is 0 Å². The minimum absolute atomic E-state index is 0.369. The van der Waals surface area contributed by atoms with E-state index >= 15 is 0 Å². The fraction of sp³-hybridized carbons (Fsp3) is 0.286. The van der Waals surface area contributed by atoms with Crippen LogP contribution in [0.2, 0.25) is 0 Å². The molecule has 0 saturated heterocycles. The van der Waals surface area contributed by atoms with Gasteiger partial charge in [-0.2, -0.15) is 0 Å². The molecule has 2 aromatic rings. The van der Waals surface area contributed by atoms with E-state index in [1.54, 1.807) is 18.0 Å². The predicted octanol–water partition coefficient (Wildman–Crippen LogP) is 3.28. The smallest absolute Gasteiger partial charge is 0.106 e. The summed E-state index contributed by atoms with van der Waals surface area (Å²) in [7, 11) is 0. The Hall–Kier alpha value is -1.19. The average molecular weight is 248 g/mol. The Balaban J connectivity index is 1.82. The number of rotatable bonds is 5. The van der Waals surface area contributed by atoms with E-state index in [0.717, 1.165) is 5.76 Å². The lowest BCUT2D eigenvalue weighted by Crippen LogP contribution is -2.12. The zero-order chi connectivity index (χ0) is 12.1. The monoisotopic (exact) mass is 248 g/mol. The van der Waals surface area contributed by atoms with E-state index in [4.69, 9.17) is 4.42 Å². The lowest BCUT2D eigenvalue weighted by Gasteiger charge is -2.08. The number of furan rings is 1. The van der Waals surface area contributed by atoms with Gasteiger partial charge in [0, 0.05) is 17.1 Å². The summed E-state index contributed by atoms with van der Waals surface area (Å²) in [5, 5.41) is 9.87. The molecule has 0 aliphatic heterocycles. The maximum absolute atomic E-state index is 9.87. The van der Waals surface area contributed by atoms with E-state index in [0.29, 0.717) is 12.2 Å². The topological polar surface area (TPSA) is 33.4 Å². The first-order valence-electron chi connectivity index (χ1n) is 5.64. The second-order valence-electron chi connectivity index (χ2n) is 4.06. The van der Waals surface area contributed by atoms with Crippen LogP contribution in [0.3, 0.4) is 0 Å². The van der Waals surface area contributed by atoms with E-state index in [1.807, 2.05) is 18.2 Å². The first kappa shape index (κ1) is 12.3. The van der Waals surface area contributed by atoms with Gasteiger partial charge in [0.2, 0.25) is 0 Å². The van der Waals surface area contributed by atoms with Crippen molar-refractivity contribution in [2.24, 2.45) is 0 Å². The molecule has 0 amide bonds. The van der Waals surface area contributed by atoms with Crippen LogP contribution in [0.1, 0.15) is 11.3 Å². The van der Waals surface area contributed by atoms with Gasteiger partial charge in [0.05, 0.1) is 12.4 Å². The number of hydrogen-bond acceptors (Lipinski definition) is 3. The predicted molar refractivity (Wildman–Crippen MR) is 70.3 cm³/mol. The fourth-order valence-corrected chi connectivity index (χ4v) is 2.56. The number of aliphatic hydroxyl groups is 1. The largest absolute Gasteiger partial charge is 0.469 e. The molecular formula is C14H16O2S. The summed E-state index contributed by atoms with van der Waals surface area (Å²) in [6.07, 6.45) is 1.84. The number of aryl methyl sites for hydroxylation is 1. The van der Waals surface area contributed by atoms with Gasteiger partial charge in [0.15, 0.2) is 0 Å². The van der Waals surface area contributed by atoms with Crippen molar-refractivity contribution < 1.29 is 9.52 Å². The minimum atomic E-state index is -0.369. The molecule has 1 N–H and O–H groups in total. The first-order chi connectivity index (χ1) is 8.24. The van der Waals surface area contributed by atoms with Crippen molar-refractivity contribution in [3.05, 3.63) is 54.0 Å². The maximum Gasteiger partial charge on any atom is 0.106 e. The third-order valence-electron chi connectivity index (χ3n) is 2.45. The van der Waals surface area contributed by atoms with E-state index in [2.05, 4.69) is 25.1 Å². The molecule has 1 unspecified atom stereocenters. The Morgan fingerprint density at radius 3 is 2.88 bits per heavy atom. The minimum Gasteiger partial charge on any atom is -0.469 e. The number of benzene rings is 1. The Bertz CT molecular complexity index is 451. The van der Waals surface area contributed by atoms with Crippen LogP contribution in [0, 0.1) is 6.92 Å². The highest BCUT2D eigenvalue weighted by Crippen LogP contribution is 2.20. The van der Waals surface area contributed by atoms with Crippen LogP contribution in [0.15, 0.2) is 52.0 Å². The van der Waals surface area contributed by atoms with E-state index in [9.17, 15) is 5.11 Å². The second-order valence-corrected chi connectivity index (χ2v) is 5.16. The summed E-state index contributed by atoms with van der Waals surface area (Å²) in [5.41, 5.74) is 1.25. The molecule has 0 saturated carbocycles. The standard InChI is InChI=1S/C14H16O2S/c1-11-4-2-6-14(8-11)17-10-12(15)9-13-5-3-7-16-13/h2-8,12,15H,9-10H2,1H3. The molecule has 17 heavy (non-hydrogen) atoms. The van der Waals surface area contributed by atoms with Crippen molar-refractivity contribution >= 4 is 11.8 Å². The SMILES string of the molecule is Cc1cccc(SCC(O)Cc2ccco2)c1. The Kier molecular flexibility index (Phi) is 4.29. The summed E-state index contributed by atoms with van der Waals surface area (Å²) < 4.78 is 5.21. The molecular weight excluding hydrogens is 232 g/mol. The molecule has 0 fully saturated rings. The van der Waals surface area contributed by atoms with Gasteiger partial charge in [-0.25, -0.2) is 0 Å². The molecule has 0 radical (unpaired) electrons. The van der Waals surface area contributed by atoms with Crippen molar-refractivity contribution in [1.82, 2.24) is 0 Å². The average Bonchev–Trinajstić information content (AvgIpc) is 2.79. The van der Waals surface area contributed by atoms with Crippen molar-refractivity contribution in [2.75, 3.05) is 5.75 Å². The molecule has 1 heterocycles. The molecule has 3 heteroatoms. The van der Waals surface area contributed by atoms with E-state index in [-0.39, 0.29) is 6.10 Å². The van der Waals surface area contributed by atoms with Crippen molar-refractivity contribution in [3.8, 4) is 0 Å². The molecule has 1 aromatic carbocycles. The molecule has 0 bridgehead atoms. The lowest BCUT2D eigenvalue weighted by atomic mass is 10.2. The second kappa shape index (κ2) is 5.94. The summed E-state index contributed by atoms with van der Waals surface area (Å²) in [4.78, 5) is 1.20. The molecule has 2 nitrogen and oxygen atoms in total. The van der Waals surface area contributed by atoms with Crippen LogP contribution in [0.4, 0.5) is 0 Å². The molecule has 0 aliphatic rings. The van der Waals surface area contributed by atoms with Crippen LogP contribution >= 0.6 is 11.8 Å². The highest BCUT2D eigenvalue weighted by atomic mass is 32.2. The Labute approximate surface area is 106 Å². The van der Waals surface area contributed by atoms with Gasteiger partial charge in [-0.05, 0) is 31.2 Å². The molecule has 2 rings (SSSR count). The van der Waals surface area contributed by atoms with Crippen LogP contribution in [-0.2, 0) is 6.42 Å². The van der Waals surface area contributed by atoms with Gasteiger partial charge in [0.1, 0.15) is 5.76 Å². The molecule has 0 spiro atoms. The summed E-state index contributed by atoms with van der Waals surface area (Å²) >= 11 is 1.67. The summed E-state index contributed by atoms with van der Waals surface area (Å²) in [6.45, 7) is 2.07. The van der Waals surface area contributed by atoms with Crippen LogP contribution in [0.5, 0.6) is 0 Å². The lowest BCUT2D eigenvalue weighted by molar-refractivity contribution is 0.192. The zero-order valence-corrected chi connectivity index (χ0v) is 10.6. The fourth-order valence-electron chi connectivity index (χ4n) is 1.62. The zero-order valence-electron chi connectivity index (χ0n) is 9.80. The molecule has 1 atom stereocenters. The van der Waals surface area contributed by atoms with Crippen molar-refractivity contribution in [3.63, 3.8) is 0 Å². The molecule has 90 valence electrons. The molecule has 1 aromatic heterocycles. The number of aliphatic hydroxyl groups excluding tert-OH is 1. The van der Waals surface area contributed by atoms with Crippen LogP contribution < -0.4 is 0 Å². The number of hydrogen-bond donors (Lipinski definition) is 1. The van der Waals surface area contributed by atoms with Gasteiger partial charge in [-0.1, -0.05) is 17.7 Å². The quantitative estimate of drug-likeness (QED) is 0.824. The Morgan fingerprint density at radius 1 is 1.29 bits per heavy atom. The van der Waals surface area contributed by atoms with Gasteiger partial charge < -0.3 is 9.52 Å². The highest BCUT2D eigenvalue weighted by Gasteiger charge is 2.08. The van der Waals surface area contributed by atoms with Gasteiger partial charge >= 0.3 is 0 Å². The highest BCUT2D eigenvalue weighted by molar-refractivity contribution is 7.99. The summed E-state index contributed by atoms with van der Waals surface area (Å²) in [6, 6.07) is 12.0. The third kappa shape index (κ3) is 3.95. The van der Waals surface area contributed by atoms with Crippen molar-refractivity contribution in [2.45, 2.75) is 24.3 Å². The first-order valence-corrected chi connectivity index (χ1v) is 6.62. The molecule has 0 aliphatic carbocycles. The van der Waals surface area contributed by atoms with Crippen molar-refractivity contribution in [1.29, 1.82) is 0 Å². The third-order valence-corrected chi connectivity index (χ3v) is 3.59. The maximum atomic E-state index is 9.87.